The summed E-state index contributed by atoms with van der Waals surface area (Å²) in [4.78, 5) is 13.2. The van der Waals surface area contributed by atoms with Gasteiger partial charge in [0.05, 0.1) is 0 Å². The van der Waals surface area contributed by atoms with E-state index >= 15 is 0 Å². The Balaban J connectivity index is 1.57. The number of anilines is 2. The molecule has 1 aromatic heterocycles. The molecule has 0 saturated carbocycles. The molecule has 33 heavy (non-hydrogen) atoms. The highest BCUT2D eigenvalue weighted by molar-refractivity contribution is 7.23. The third kappa shape index (κ3) is 4.04. The zero-order chi connectivity index (χ0) is 23.1. The summed E-state index contributed by atoms with van der Waals surface area (Å²) in [5.41, 5.74) is 9.55. The molecule has 0 radical (unpaired) electrons. The number of benzene rings is 3. The van der Waals surface area contributed by atoms with Gasteiger partial charge in [0.1, 0.15) is 5.00 Å². The summed E-state index contributed by atoms with van der Waals surface area (Å²) in [6.07, 6.45) is 3.52. The molecule has 4 heteroatoms. The predicted molar refractivity (Wildman–Crippen MR) is 142 cm³/mol. The van der Waals surface area contributed by atoms with Gasteiger partial charge in [-0.05, 0) is 84.5 Å². The van der Waals surface area contributed by atoms with Crippen LogP contribution in [0.3, 0.4) is 0 Å². The van der Waals surface area contributed by atoms with Gasteiger partial charge in [-0.3, -0.25) is 5.32 Å². The lowest BCUT2D eigenvalue weighted by Crippen LogP contribution is -2.21. The molecule has 0 aliphatic heterocycles. The molecule has 168 valence electrons. The van der Waals surface area contributed by atoms with Crippen molar-refractivity contribution in [2.24, 2.45) is 0 Å². The molecule has 1 heterocycles. The second kappa shape index (κ2) is 8.68. The van der Waals surface area contributed by atoms with E-state index in [1.807, 2.05) is 13.0 Å². The lowest BCUT2D eigenvalue weighted by molar-refractivity contribution is 0.262. The van der Waals surface area contributed by atoms with Crippen LogP contribution in [-0.4, -0.2) is 6.03 Å². The molecule has 4 aromatic rings. The molecule has 0 atom stereocenters. The minimum atomic E-state index is -0.194. The van der Waals surface area contributed by atoms with Gasteiger partial charge in [-0.2, -0.15) is 0 Å². The van der Waals surface area contributed by atoms with Gasteiger partial charge >= 0.3 is 6.03 Å². The first-order valence-electron chi connectivity index (χ1n) is 11.7. The summed E-state index contributed by atoms with van der Waals surface area (Å²) in [6.45, 7) is 8.48. The highest BCUT2D eigenvalue weighted by Crippen LogP contribution is 2.45. The molecule has 5 rings (SSSR count). The molecular formula is C29H30N2OS. The molecule has 0 bridgehead atoms. The molecule has 2 N–H and O–H groups in total. The fourth-order valence-electron chi connectivity index (χ4n) is 4.96. The molecule has 0 spiro atoms. The van der Waals surface area contributed by atoms with Crippen molar-refractivity contribution in [1.82, 2.24) is 0 Å². The second-order valence-corrected chi connectivity index (χ2v) is 10.4. The summed E-state index contributed by atoms with van der Waals surface area (Å²) in [6, 6.07) is 19.1. The number of fused-ring (bicyclic) bond motifs is 2. The second-order valence-electron chi connectivity index (χ2n) is 9.36. The molecule has 1 aliphatic rings. The molecule has 0 fully saturated rings. The van der Waals surface area contributed by atoms with Crippen LogP contribution in [0.2, 0.25) is 0 Å². The van der Waals surface area contributed by atoms with Gasteiger partial charge in [0, 0.05) is 21.3 Å². The van der Waals surface area contributed by atoms with Crippen molar-refractivity contribution < 1.29 is 4.79 Å². The number of rotatable bonds is 4. The van der Waals surface area contributed by atoms with Gasteiger partial charge in [0.15, 0.2) is 0 Å². The zero-order valence-corrected chi connectivity index (χ0v) is 20.5. The third-order valence-electron chi connectivity index (χ3n) is 6.71. The molecular weight excluding hydrogens is 424 g/mol. The summed E-state index contributed by atoms with van der Waals surface area (Å²) < 4.78 is 1.24. The lowest BCUT2D eigenvalue weighted by Gasteiger charge is -2.17. The zero-order valence-electron chi connectivity index (χ0n) is 19.7. The van der Waals surface area contributed by atoms with Gasteiger partial charge < -0.3 is 5.32 Å². The average molecular weight is 455 g/mol. The minimum absolute atomic E-state index is 0.194. The fourth-order valence-corrected chi connectivity index (χ4v) is 6.12. The maximum absolute atomic E-state index is 13.2. The van der Waals surface area contributed by atoms with Crippen LogP contribution < -0.4 is 10.6 Å². The van der Waals surface area contributed by atoms with Gasteiger partial charge in [0.2, 0.25) is 0 Å². The van der Waals surface area contributed by atoms with E-state index in [1.54, 1.807) is 11.3 Å². The van der Waals surface area contributed by atoms with Crippen LogP contribution >= 0.6 is 11.3 Å². The first kappa shape index (κ1) is 21.7. The van der Waals surface area contributed by atoms with Crippen LogP contribution in [-0.2, 0) is 12.8 Å². The highest BCUT2D eigenvalue weighted by Gasteiger charge is 2.21. The highest BCUT2D eigenvalue weighted by atomic mass is 32.1. The predicted octanol–water partition coefficient (Wildman–Crippen LogP) is 8.44. The topological polar surface area (TPSA) is 41.1 Å². The fraction of sp³-hybridized carbons (Fsp3) is 0.276. The quantitative estimate of drug-likeness (QED) is 0.319. The standard InChI is InChI=1S/C29H30N2OS/c1-17(2)22-14-7-10-19(4)27(22)30-29(32)31-28-26(23-13-6-5-9-18(23)3)24-15-20-11-8-12-21(20)16-25(24)33-28/h5-7,9-10,13-17H,8,11-12H2,1-4H3,(H2,30,31,32). The minimum Gasteiger partial charge on any atom is -0.307 e. The maximum Gasteiger partial charge on any atom is 0.324 e. The largest absolute Gasteiger partial charge is 0.324 e. The number of thiophene rings is 1. The number of amides is 2. The van der Waals surface area contributed by atoms with Crippen molar-refractivity contribution in [3.05, 3.63) is 82.4 Å². The number of para-hydroxylation sites is 1. The molecule has 0 saturated heterocycles. The van der Waals surface area contributed by atoms with Crippen molar-refractivity contribution in [3.8, 4) is 11.1 Å². The third-order valence-corrected chi connectivity index (χ3v) is 7.78. The number of nitrogens with one attached hydrogen (secondary N) is 2. The molecule has 3 aromatic carbocycles. The number of urea groups is 1. The van der Waals surface area contributed by atoms with Gasteiger partial charge in [0.25, 0.3) is 0 Å². The van der Waals surface area contributed by atoms with E-state index in [1.165, 1.54) is 38.8 Å². The number of carbonyl (C=O) groups excluding carboxylic acids is 1. The monoisotopic (exact) mass is 454 g/mol. The van der Waals surface area contributed by atoms with Crippen LogP contribution in [0.25, 0.3) is 21.2 Å². The Hall–Kier alpha value is -3.11. The first-order chi connectivity index (χ1) is 15.9. The molecule has 3 nitrogen and oxygen atoms in total. The summed E-state index contributed by atoms with van der Waals surface area (Å²) in [5, 5.41) is 8.50. The SMILES string of the molecule is Cc1ccccc1-c1c(NC(=O)Nc2c(C)cccc2C(C)C)sc2cc3c(cc12)CCC3. The number of aryl methyl sites for hydroxylation is 4. The van der Waals surface area contributed by atoms with E-state index in [-0.39, 0.29) is 6.03 Å². The van der Waals surface area contributed by atoms with Crippen LogP contribution in [0.15, 0.2) is 54.6 Å². The van der Waals surface area contributed by atoms with E-state index in [9.17, 15) is 4.79 Å². The Morgan fingerprint density at radius 3 is 2.39 bits per heavy atom. The molecule has 0 unspecified atom stereocenters. The number of carbonyl (C=O) groups is 1. The number of hydrogen-bond acceptors (Lipinski definition) is 2. The van der Waals surface area contributed by atoms with E-state index in [0.29, 0.717) is 5.92 Å². The number of hydrogen-bond donors (Lipinski definition) is 2. The Morgan fingerprint density at radius 2 is 1.64 bits per heavy atom. The van der Waals surface area contributed by atoms with Gasteiger partial charge in [-0.25, -0.2) is 4.79 Å². The Labute approximate surface area is 199 Å². The van der Waals surface area contributed by atoms with Crippen molar-refractivity contribution in [1.29, 1.82) is 0 Å². The van der Waals surface area contributed by atoms with Crippen molar-refractivity contribution in [3.63, 3.8) is 0 Å². The van der Waals surface area contributed by atoms with E-state index in [2.05, 4.69) is 79.9 Å². The van der Waals surface area contributed by atoms with Gasteiger partial charge in [-0.1, -0.05) is 56.3 Å². The summed E-state index contributed by atoms with van der Waals surface area (Å²) in [7, 11) is 0. The Morgan fingerprint density at radius 1 is 0.909 bits per heavy atom. The Kier molecular flexibility index (Phi) is 5.71. The normalized spacial score (nSPS) is 12.9. The van der Waals surface area contributed by atoms with Crippen molar-refractivity contribution >= 4 is 38.1 Å². The lowest BCUT2D eigenvalue weighted by atomic mass is 9.97. The van der Waals surface area contributed by atoms with Gasteiger partial charge in [-0.15, -0.1) is 11.3 Å². The van der Waals surface area contributed by atoms with Crippen molar-refractivity contribution in [2.45, 2.75) is 52.9 Å². The van der Waals surface area contributed by atoms with E-state index < -0.39 is 0 Å². The van der Waals surface area contributed by atoms with Crippen LogP contribution in [0.4, 0.5) is 15.5 Å². The summed E-state index contributed by atoms with van der Waals surface area (Å²) in [5.74, 6) is 0.328. The first-order valence-corrected chi connectivity index (χ1v) is 12.6. The van der Waals surface area contributed by atoms with E-state index in [4.69, 9.17) is 0 Å². The van der Waals surface area contributed by atoms with Crippen LogP contribution in [0.5, 0.6) is 0 Å². The summed E-state index contributed by atoms with van der Waals surface area (Å²) >= 11 is 1.68. The van der Waals surface area contributed by atoms with Crippen LogP contribution in [0, 0.1) is 13.8 Å². The average Bonchev–Trinajstić information content (AvgIpc) is 3.37. The molecule has 2 amide bonds. The van der Waals surface area contributed by atoms with E-state index in [0.717, 1.165) is 40.2 Å². The Bertz CT molecular complexity index is 1370. The smallest absolute Gasteiger partial charge is 0.307 e. The van der Waals surface area contributed by atoms with Crippen molar-refractivity contribution in [2.75, 3.05) is 10.6 Å². The van der Waals surface area contributed by atoms with Crippen LogP contribution in [0.1, 0.15) is 54.0 Å². The molecule has 1 aliphatic carbocycles. The maximum atomic E-state index is 13.2.